The maximum absolute atomic E-state index is 11.7. The lowest BCUT2D eigenvalue weighted by Gasteiger charge is -2.17. The van der Waals surface area contributed by atoms with E-state index < -0.39 is 5.97 Å². The molecule has 0 atom stereocenters. The molecule has 0 fully saturated rings. The summed E-state index contributed by atoms with van der Waals surface area (Å²) < 4.78 is 0. The average Bonchev–Trinajstić information content (AvgIpc) is 2.71. The molecule has 18 heavy (non-hydrogen) atoms. The lowest BCUT2D eigenvalue weighted by molar-refractivity contribution is -0.143. The molecule has 5 nitrogen and oxygen atoms in total. The maximum atomic E-state index is 11.7. The topological polar surface area (TPSA) is 70.5 Å². The molecule has 1 rings (SSSR count). The molecule has 0 bridgehead atoms. The number of carboxylic acid groups (broad SMARTS) is 1. The minimum atomic E-state index is -0.981. The van der Waals surface area contributed by atoms with E-state index in [1.54, 1.807) is 18.3 Å². The van der Waals surface area contributed by atoms with E-state index in [4.69, 9.17) is 5.11 Å². The van der Waals surface area contributed by atoms with Crippen LogP contribution in [0.5, 0.6) is 0 Å². The number of aryl methyl sites for hydroxylation is 1. The smallest absolute Gasteiger partial charge is 0.323 e. The van der Waals surface area contributed by atoms with Crippen LogP contribution in [-0.2, 0) is 15.3 Å². The van der Waals surface area contributed by atoms with Gasteiger partial charge in [-0.3, -0.25) is 9.59 Å². The van der Waals surface area contributed by atoms with Crippen LogP contribution in [0.4, 0.5) is 0 Å². The number of aliphatic carboxylic acids is 1. The van der Waals surface area contributed by atoms with Crippen LogP contribution >= 0.6 is 23.1 Å². The summed E-state index contributed by atoms with van der Waals surface area (Å²) in [6.07, 6.45) is 0. The van der Waals surface area contributed by atoms with E-state index >= 15 is 0 Å². The molecular formula is C11H16N2O3S2. The lowest BCUT2D eigenvalue weighted by atomic mass is 10.4. The van der Waals surface area contributed by atoms with E-state index in [0.717, 1.165) is 10.7 Å². The SMILES string of the molecule is CCN(CC(=O)O)C(=O)CSCc1csc(C)n1. The highest BCUT2D eigenvalue weighted by atomic mass is 32.2. The van der Waals surface area contributed by atoms with Crippen molar-refractivity contribution in [3.8, 4) is 0 Å². The zero-order chi connectivity index (χ0) is 13.5. The van der Waals surface area contributed by atoms with Gasteiger partial charge in [-0.2, -0.15) is 0 Å². The highest BCUT2D eigenvalue weighted by molar-refractivity contribution is 7.99. The van der Waals surface area contributed by atoms with Crippen LogP contribution in [0, 0.1) is 6.92 Å². The van der Waals surface area contributed by atoms with E-state index in [9.17, 15) is 9.59 Å². The summed E-state index contributed by atoms with van der Waals surface area (Å²) in [6.45, 7) is 3.90. The Hall–Kier alpha value is -1.08. The predicted molar refractivity (Wildman–Crippen MR) is 72.9 cm³/mol. The van der Waals surface area contributed by atoms with Gasteiger partial charge in [-0.05, 0) is 13.8 Å². The summed E-state index contributed by atoms with van der Waals surface area (Å²) in [7, 11) is 0. The molecule has 0 aliphatic rings. The van der Waals surface area contributed by atoms with Gasteiger partial charge in [0.25, 0.3) is 0 Å². The van der Waals surface area contributed by atoms with Crippen LogP contribution in [-0.4, -0.2) is 45.7 Å². The monoisotopic (exact) mass is 288 g/mol. The first-order valence-corrected chi connectivity index (χ1v) is 7.54. The molecule has 1 aromatic heterocycles. The zero-order valence-electron chi connectivity index (χ0n) is 10.4. The van der Waals surface area contributed by atoms with Crippen LogP contribution in [0.15, 0.2) is 5.38 Å². The summed E-state index contributed by atoms with van der Waals surface area (Å²) in [5.74, 6) is -0.152. The molecule has 0 aromatic carbocycles. The highest BCUT2D eigenvalue weighted by Gasteiger charge is 2.14. The van der Waals surface area contributed by atoms with Gasteiger partial charge in [-0.25, -0.2) is 4.98 Å². The molecule has 0 radical (unpaired) electrons. The molecule has 1 aromatic rings. The minimum absolute atomic E-state index is 0.142. The van der Waals surface area contributed by atoms with Gasteiger partial charge in [-0.15, -0.1) is 23.1 Å². The van der Waals surface area contributed by atoms with Crippen LogP contribution in [0.2, 0.25) is 0 Å². The van der Waals surface area contributed by atoms with E-state index in [-0.39, 0.29) is 18.2 Å². The van der Waals surface area contributed by atoms with Crippen LogP contribution in [0.3, 0.4) is 0 Å². The van der Waals surface area contributed by atoms with E-state index in [1.165, 1.54) is 16.7 Å². The van der Waals surface area contributed by atoms with E-state index in [1.807, 2.05) is 12.3 Å². The fourth-order valence-corrected chi connectivity index (χ4v) is 2.88. The Balaban J connectivity index is 2.33. The van der Waals surface area contributed by atoms with Crippen LogP contribution in [0.1, 0.15) is 17.6 Å². The Morgan fingerprint density at radius 1 is 1.56 bits per heavy atom. The third kappa shape index (κ3) is 5.05. The molecule has 0 saturated carbocycles. The molecule has 100 valence electrons. The fourth-order valence-electron chi connectivity index (χ4n) is 1.35. The highest BCUT2D eigenvalue weighted by Crippen LogP contribution is 2.15. The lowest BCUT2D eigenvalue weighted by Crippen LogP contribution is -2.36. The summed E-state index contributed by atoms with van der Waals surface area (Å²) >= 11 is 3.04. The molecule has 0 aliphatic carbocycles. The van der Waals surface area contributed by atoms with Crippen molar-refractivity contribution in [3.63, 3.8) is 0 Å². The Morgan fingerprint density at radius 3 is 2.78 bits per heavy atom. The van der Waals surface area contributed by atoms with Crippen molar-refractivity contribution in [2.24, 2.45) is 0 Å². The number of carboxylic acids is 1. The average molecular weight is 288 g/mol. The van der Waals surface area contributed by atoms with Crippen molar-refractivity contribution >= 4 is 35.0 Å². The molecule has 7 heteroatoms. The van der Waals surface area contributed by atoms with Gasteiger partial charge >= 0.3 is 5.97 Å². The van der Waals surface area contributed by atoms with Crippen molar-refractivity contribution in [1.29, 1.82) is 0 Å². The van der Waals surface area contributed by atoms with Crippen molar-refractivity contribution in [3.05, 3.63) is 16.1 Å². The quantitative estimate of drug-likeness (QED) is 0.825. The molecule has 0 aliphatic heterocycles. The first-order valence-electron chi connectivity index (χ1n) is 5.51. The fraction of sp³-hybridized carbons (Fsp3) is 0.545. The number of hydrogen-bond donors (Lipinski definition) is 1. The van der Waals surface area contributed by atoms with Gasteiger partial charge in [0.2, 0.25) is 5.91 Å². The van der Waals surface area contributed by atoms with Gasteiger partial charge in [0.05, 0.1) is 16.5 Å². The Kier molecular flexibility index (Phi) is 6.14. The van der Waals surface area contributed by atoms with Crippen molar-refractivity contribution < 1.29 is 14.7 Å². The third-order valence-electron chi connectivity index (χ3n) is 2.20. The summed E-state index contributed by atoms with van der Waals surface area (Å²) in [6, 6.07) is 0. The standard InChI is InChI=1S/C11H16N2O3S2/c1-3-13(4-11(15)16)10(14)7-17-5-9-6-18-8(2)12-9/h6H,3-5,7H2,1-2H3,(H,15,16). The van der Waals surface area contributed by atoms with Gasteiger partial charge in [0.1, 0.15) is 6.54 Å². The maximum Gasteiger partial charge on any atom is 0.323 e. The third-order valence-corrected chi connectivity index (χ3v) is 3.98. The second kappa shape index (κ2) is 7.38. The van der Waals surface area contributed by atoms with Crippen molar-refractivity contribution in [2.45, 2.75) is 19.6 Å². The largest absolute Gasteiger partial charge is 0.480 e. The predicted octanol–water partition coefficient (Wildman–Crippen LogP) is 1.62. The number of amides is 1. The van der Waals surface area contributed by atoms with E-state index in [0.29, 0.717) is 12.3 Å². The molecular weight excluding hydrogens is 272 g/mol. The molecule has 1 heterocycles. The number of nitrogens with zero attached hydrogens (tertiary/aromatic N) is 2. The van der Waals surface area contributed by atoms with Crippen LogP contribution < -0.4 is 0 Å². The first kappa shape index (κ1) is 15.0. The normalized spacial score (nSPS) is 10.3. The second-order valence-corrected chi connectivity index (χ2v) is 5.70. The number of thioether (sulfide) groups is 1. The van der Waals surface area contributed by atoms with Gasteiger partial charge in [-0.1, -0.05) is 0 Å². The zero-order valence-corrected chi connectivity index (χ0v) is 12.0. The van der Waals surface area contributed by atoms with Crippen molar-refractivity contribution in [1.82, 2.24) is 9.88 Å². The number of carbonyl (C=O) groups is 2. The second-order valence-electron chi connectivity index (χ2n) is 3.65. The number of likely N-dealkylation sites (N-methyl/N-ethyl adjacent to an activating group) is 1. The first-order chi connectivity index (χ1) is 8.52. The number of carbonyl (C=O) groups excluding carboxylic acids is 1. The number of hydrogen-bond acceptors (Lipinski definition) is 5. The summed E-state index contributed by atoms with van der Waals surface area (Å²) in [5.41, 5.74) is 0.969. The Morgan fingerprint density at radius 2 is 2.28 bits per heavy atom. The van der Waals surface area contributed by atoms with Crippen molar-refractivity contribution in [2.75, 3.05) is 18.8 Å². The minimum Gasteiger partial charge on any atom is -0.480 e. The van der Waals surface area contributed by atoms with E-state index in [2.05, 4.69) is 4.98 Å². The molecule has 0 saturated heterocycles. The number of thiazole rings is 1. The Bertz CT molecular complexity index is 420. The number of rotatable bonds is 7. The summed E-state index contributed by atoms with van der Waals surface area (Å²) in [5, 5.41) is 11.6. The Labute approximate surface area is 114 Å². The van der Waals surface area contributed by atoms with Gasteiger partial charge in [0, 0.05) is 17.7 Å². The van der Waals surface area contributed by atoms with Gasteiger partial charge < -0.3 is 10.0 Å². The molecule has 1 N–H and O–H groups in total. The molecule has 1 amide bonds. The molecule has 0 unspecified atom stereocenters. The van der Waals surface area contributed by atoms with Crippen LogP contribution in [0.25, 0.3) is 0 Å². The number of aromatic nitrogens is 1. The molecule has 0 spiro atoms. The summed E-state index contributed by atoms with van der Waals surface area (Å²) in [4.78, 5) is 27.9. The van der Waals surface area contributed by atoms with Gasteiger partial charge in [0.15, 0.2) is 0 Å².